The minimum absolute atomic E-state index is 0.000972. The fourth-order valence-corrected chi connectivity index (χ4v) is 3.42. The van der Waals surface area contributed by atoms with E-state index in [2.05, 4.69) is 36.4 Å². The van der Waals surface area contributed by atoms with Gasteiger partial charge in [0.15, 0.2) is 6.61 Å². The SMILES string of the molecule is Cc1ccc(C(C)C)c(OCC(=O)Nc2ccnn2C2CCCC2)c1. The maximum Gasteiger partial charge on any atom is 0.263 e. The Hall–Kier alpha value is -2.30. The molecule has 0 unspecified atom stereocenters. The van der Waals surface area contributed by atoms with Crippen molar-refractivity contribution in [2.75, 3.05) is 11.9 Å². The van der Waals surface area contributed by atoms with Crippen LogP contribution in [0.4, 0.5) is 5.82 Å². The number of anilines is 1. The lowest BCUT2D eigenvalue weighted by Crippen LogP contribution is -2.23. The van der Waals surface area contributed by atoms with Gasteiger partial charge >= 0.3 is 0 Å². The average Bonchev–Trinajstić information content (AvgIpc) is 3.23. The summed E-state index contributed by atoms with van der Waals surface area (Å²) in [6, 6.07) is 8.38. The van der Waals surface area contributed by atoms with Crippen molar-refractivity contribution >= 4 is 11.7 Å². The largest absolute Gasteiger partial charge is 0.483 e. The molecular formula is C20H27N3O2. The van der Waals surface area contributed by atoms with Crippen LogP contribution in [0.2, 0.25) is 0 Å². The third kappa shape index (κ3) is 4.21. The molecule has 134 valence electrons. The molecule has 1 heterocycles. The van der Waals surface area contributed by atoms with Crippen LogP contribution in [-0.4, -0.2) is 22.3 Å². The average molecular weight is 341 g/mol. The first-order chi connectivity index (χ1) is 12.0. The van der Waals surface area contributed by atoms with E-state index in [1.165, 1.54) is 12.8 Å². The molecule has 1 amide bonds. The smallest absolute Gasteiger partial charge is 0.263 e. The minimum atomic E-state index is -0.157. The van der Waals surface area contributed by atoms with Crippen LogP contribution in [-0.2, 0) is 4.79 Å². The molecule has 0 radical (unpaired) electrons. The number of ether oxygens (including phenoxy) is 1. The number of hydrogen-bond acceptors (Lipinski definition) is 3. The third-order valence-electron chi connectivity index (χ3n) is 4.76. The zero-order chi connectivity index (χ0) is 17.8. The summed E-state index contributed by atoms with van der Waals surface area (Å²) < 4.78 is 7.76. The van der Waals surface area contributed by atoms with E-state index in [9.17, 15) is 4.79 Å². The highest BCUT2D eigenvalue weighted by molar-refractivity contribution is 5.91. The summed E-state index contributed by atoms with van der Waals surface area (Å²) >= 11 is 0. The highest BCUT2D eigenvalue weighted by Crippen LogP contribution is 2.31. The third-order valence-corrected chi connectivity index (χ3v) is 4.76. The molecule has 0 atom stereocenters. The highest BCUT2D eigenvalue weighted by Gasteiger charge is 2.20. The number of carbonyl (C=O) groups excluding carboxylic acids is 1. The van der Waals surface area contributed by atoms with Gasteiger partial charge in [-0.1, -0.05) is 38.8 Å². The number of amides is 1. The Labute approximate surface area is 149 Å². The van der Waals surface area contributed by atoms with Gasteiger partial charge in [0.05, 0.1) is 12.2 Å². The molecule has 1 N–H and O–H groups in total. The van der Waals surface area contributed by atoms with E-state index in [0.29, 0.717) is 12.0 Å². The van der Waals surface area contributed by atoms with Crippen LogP contribution in [0.5, 0.6) is 5.75 Å². The summed E-state index contributed by atoms with van der Waals surface area (Å²) in [5.74, 6) is 1.74. The summed E-state index contributed by atoms with van der Waals surface area (Å²) in [5.41, 5.74) is 2.24. The van der Waals surface area contributed by atoms with Crippen LogP contribution in [0, 0.1) is 6.92 Å². The molecule has 1 saturated carbocycles. The predicted octanol–water partition coefficient (Wildman–Crippen LogP) is 4.45. The number of carbonyl (C=O) groups is 1. The van der Waals surface area contributed by atoms with E-state index in [0.717, 1.165) is 35.5 Å². The lowest BCUT2D eigenvalue weighted by atomic mass is 10.0. The second-order valence-corrected chi connectivity index (χ2v) is 7.13. The van der Waals surface area contributed by atoms with Gasteiger partial charge in [0, 0.05) is 6.07 Å². The van der Waals surface area contributed by atoms with E-state index < -0.39 is 0 Å². The van der Waals surface area contributed by atoms with Crippen molar-refractivity contribution in [2.24, 2.45) is 0 Å². The van der Waals surface area contributed by atoms with Gasteiger partial charge in [0.1, 0.15) is 11.6 Å². The van der Waals surface area contributed by atoms with E-state index in [1.54, 1.807) is 6.20 Å². The Balaban J connectivity index is 1.63. The van der Waals surface area contributed by atoms with E-state index in [4.69, 9.17) is 4.74 Å². The zero-order valence-electron chi connectivity index (χ0n) is 15.3. The van der Waals surface area contributed by atoms with Crippen molar-refractivity contribution in [1.29, 1.82) is 0 Å². The molecule has 0 saturated heterocycles. The van der Waals surface area contributed by atoms with E-state index >= 15 is 0 Å². The molecule has 0 bridgehead atoms. The molecule has 2 aromatic rings. The van der Waals surface area contributed by atoms with Gasteiger partial charge < -0.3 is 10.1 Å². The Morgan fingerprint density at radius 3 is 2.80 bits per heavy atom. The molecule has 1 aliphatic carbocycles. The van der Waals surface area contributed by atoms with Crippen molar-refractivity contribution in [3.8, 4) is 5.75 Å². The number of aryl methyl sites for hydroxylation is 1. The van der Waals surface area contributed by atoms with Crippen molar-refractivity contribution in [3.63, 3.8) is 0 Å². The zero-order valence-corrected chi connectivity index (χ0v) is 15.3. The number of aromatic nitrogens is 2. The van der Waals surface area contributed by atoms with Crippen LogP contribution >= 0.6 is 0 Å². The molecule has 5 heteroatoms. The van der Waals surface area contributed by atoms with Crippen LogP contribution < -0.4 is 10.1 Å². The Bertz CT molecular complexity index is 730. The predicted molar refractivity (Wildman–Crippen MR) is 99.1 cm³/mol. The number of hydrogen-bond donors (Lipinski definition) is 1. The molecule has 3 rings (SSSR count). The quantitative estimate of drug-likeness (QED) is 0.844. The van der Waals surface area contributed by atoms with Crippen molar-refractivity contribution in [1.82, 2.24) is 9.78 Å². The van der Waals surface area contributed by atoms with Crippen molar-refractivity contribution in [2.45, 2.75) is 58.4 Å². The Morgan fingerprint density at radius 2 is 2.08 bits per heavy atom. The molecule has 0 aliphatic heterocycles. The van der Waals surface area contributed by atoms with E-state index in [-0.39, 0.29) is 12.5 Å². The van der Waals surface area contributed by atoms with Crippen LogP contribution in [0.25, 0.3) is 0 Å². The molecule has 1 aromatic carbocycles. The highest BCUT2D eigenvalue weighted by atomic mass is 16.5. The Morgan fingerprint density at radius 1 is 1.32 bits per heavy atom. The van der Waals surface area contributed by atoms with Crippen LogP contribution in [0.15, 0.2) is 30.5 Å². The second-order valence-electron chi connectivity index (χ2n) is 7.13. The fraction of sp³-hybridized carbons (Fsp3) is 0.500. The number of nitrogens with zero attached hydrogens (tertiary/aromatic N) is 2. The first-order valence-electron chi connectivity index (χ1n) is 9.11. The van der Waals surface area contributed by atoms with Gasteiger partial charge in [-0.3, -0.25) is 4.79 Å². The lowest BCUT2D eigenvalue weighted by molar-refractivity contribution is -0.118. The fourth-order valence-electron chi connectivity index (χ4n) is 3.42. The van der Waals surface area contributed by atoms with E-state index in [1.807, 2.05) is 23.7 Å². The summed E-state index contributed by atoms with van der Waals surface area (Å²) in [7, 11) is 0. The molecule has 0 spiro atoms. The monoisotopic (exact) mass is 341 g/mol. The number of nitrogens with one attached hydrogen (secondary N) is 1. The maximum absolute atomic E-state index is 12.3. The molecule has 5 nitrogen and oxygen atoms in total. The van der Waals surface area contributed by atoms with Gasteiger partial charge in [-0.15, -0.1) is 0 Å². The molecular weight excluding hydrogens is 314 g/mol. The van der Waals surface area contributed by atoms with Gasteiger partial charge in [-0.2, -0.15) is 5.10 Å². The van der Waals surface area contributed by atoms with Crippen molar-refractivity contribution in [3.05, 3.63) is 41.6 Å². The van der Waals surface area contributed by atoms with Gasteiger partial charge in [-0.25, -0.2) is 4.68 Å². The summed E-state index contributed by atoms with van der Waals surface area (Å²) in [6.45, 7) is 6.27. The maximum atomic E-state index is 12.3. The molecule has 1 fully saturated rings. The first-order valence-corrected chi connectivity index (χ1v) is 9.11. The number of benzene rings is 1. The Kier molecular flexibility index (Phi) is 5.41. The minimum Gasteiger partial charge on any atom is -0.483 e. The van der Waals surface area contributed by atoms with Crippen LogP contribution in [0.3, 0.4) is 0 Å². The number of rotatable bonds is 6. The van der Waals surface area contributed by atoms with Crippen LogP contribution in [0.1, 0.15) is 62.6 Å². The van der Waals surface area contributed by atoms with Gasteiger partial charge in [0.25, 0.3) is 5.91 Å². The molecule has 1 aromatic heterocycles. The normalized spacial score (nSPS) is 14.9. The van der Waals surface area contributed by atoms with Gasteiger partial charge in [0.2, 0.25) is 0 Å². The second kappa shape index (κ2) is 7.72. The summed E-state index contributed by atoms with van der Waals surface area (Å²) in [4.78, 5) is 12.3. The standard InChI is InChI=1S/C20H27N3O2/c1-14(2)17-9-8-15(3)12-18(17)25-13-20(24)22-19-10-11-21-23(19)16-6-4-5-7-16/h8-12,14,16H,4-7,13H2,1-3H3,(H,22,24). The lowest BCUT2D eigenvalue weighted by Gasteiger charge is -2.16. The molecule has 25 heavy (non-hydrogen) atoms. The van der Waals surface area contributed by atoms with Crippen molar-refractivity contribution < 1.29 is 9.53 Å². The molecule has 1 aliphatic rings. The topological polar surface area (TPSA) is 56.1 Å². The summed E-state index contributed by atoms with van der Waals surface area (Å²) in [6.07, 6.45) is 6.45. The van der Waals surface area contributed by atoms with Gasteiger partial charge in [-0.05, 0) is 42.9 Å². The summed E-state index contributed by atoms with van der Waals surface area (Å²) in [5, 5.41) is 7.32. The first kappa shape index (κ1) is 17.5.